The van der Waals surface area contributed by atoms with Crippen LogP contribution in [0.25, 0.3) is 0 Å². The van der Waals surface area contributed by atoms with Crippen LogP contribution in [0.2, 0.25) is 6.04 Å². The second-order valence-electron chi connectivity index (χ2n) is 2.12. The Morgan fingerprint density at radius 2 is 2.00 bits per heavy atom. The van der Waals surface area contributed by atoms with E-state index in [2.05, 4.69) is 12.6 Å². The Morgan fingerprint density at radius 1 is 1.40 bits per heavy atom. The molecule has 0 saturated carbocycles. The lowest BCUT2D eigenvalue weighted by atomic mass is 10.6. The van der Waals surface area contributed by atoms with E-state index in [1.165, 1.54) is 12.5 Å². The largest absolute Gasteiger partial charge is 0.408 e. The van der Waals surface area contributed by atoms with Gasteiger partial charge in [0.15, 0.2) is 0 Å². The summed E-state index contributed by atoms with van der Waals surface area (Å²) in [5.74, 6) is 1.24. The van der Waals surface area contributed by atoms with Gasteiger partial charge in [-0.15, -0.1) is 0 Å². The molecule has 0 unspecified atom stereocenters. The minimum Gasteiger partial charge on any atom is -0.408 e. The van der Waals surface area contributed by atoms with Gasteiger partial charge in [0.1, 0.15) is 26.9 Å². The number of rotatable bonds is 6. The SMILES string of the molecule is [SiH3]OC(O[SiH3])[SiH2]CCCS. The lowest BCUT2D eigenvalue weighted by molar-refractivity contribution is 0.0920. The molecule has 6 heteroatoms. The Labute approximate surface area is 76.4 Å². The number of hydrogen-bond acceptors (Lipinski definition) is 3. The Bertz CT molecular complexity index is 71.5. The van der Waals surface area contributed by atoms with Crippen LogP contribution in [0.15, 0.2) is 0 Å². The van der Waals surface area contributed by atoms with E-state index in [-0.39, 0.29) is 15.4 Å². The van der Waals surface area contributed by atoms with Gasteiger partial charge in [-0.3, -0.25) is 0 Å². The van der Waals surface area contributed by atoms with Gasteiger partial charge in [-0.1, -0.05) is 6.04 Å². The molecule has 0 aromatic heterocycles. The number of hydrogen-bond donors (Lipinski definition) is 1. The first-order chi connectivity index (χ1) is 4.85. The molecule has 0 aliphatic heterocycles. The van der Waals surface area contributed by atoms with E-state index in [4.69, 9.17) is 8.85 Å². The molecule has 0 aliphatic rings. The molecule has 0 aromatic rings. The predicted octanol–water partition coefficient (Wildman–Crippen LogP) is -2.23. The Morgan fingerprint density at radius 3 is 2.40 bits per heavy atom. The smallest absolute Gasteiger partial charge is 0.148 e. The zero-order chi connectivity index (χ0) is 7.82. The highest BCUT2D eigenvalue weighted by Gasteiger charge is 2.02. The molecule has 0 aromatic carbocycles. The molecular formula is C4H16O2SSi3. The normalized spacial score (nSPS) is 15.3. The van der Waals surface area contributed by atoms with Crippen LogP contribution < -0.4 is 0 Å². The van der Waals surface area contributed by atoms with Crippen LogP contribution >= 0.6 is 12.6 Å². The van der Waals surface area contributed by atoms with Gasteiger partial charge in [0.25, 0.3) is 0 Å². The second-order valence-corrected chi connectivity index (χ2v) is 5.46. The van der Waals surface area contributed by atoms with Crippen molar-refractivity contribution in [3.8, 4) is 0 Å². The van der Waals surface area contributed by atoms with Crippen LogP contribution in [-0.2, 0) is 8.85 Å². The fourth-order valence-corrected chi connectivity index (χ4v) is 4.93. The monoisotopic (exact) mass is 212 g/mol. The van der Waals surface area contributed by atoms with Crippen molar-refractivity contribution in [2.75, 3.05) is 5.75 Å². The highest BCUT2D eigenvalue weighted by atomic mass is 32.1. The van der Waals surface area contributed by atoms with Gasteiger partial charge in [-0.05, 0) is 12.2 Å². The van der Waals surface area contributed by atoms with Gasteiger partial charge in [0, 0.05) is 0 Å². The van der Waals surface area contributed by atoms with Crippen LogP contribution in [0.4, 0.5) is 0 Å². The maximum Gasteiger partial charge on any atom is 0.148 e. The lowest BCUT2D eigenvalue weighted by Gasteiger charge is -2.12. The van der Waals surface area contributed by atoms with Crippen molar-refractivity contribution in [1.29, 1.82) is 0 Å². The van der Waals surface area contributed by atoms with E-state index in [0.29, 0.717) is 0 Å². The Balaban J connectivity index is 3.09. The molecule has 10 heavy (non-hydrogen) atoms. The molecule has 0 spiro atoms. The van der Waals surface area contributed by atoms with E-state index in [9.17, 15) is 0 Å². The summed E-state index contributed by atoms with van der Waals surface area (Å²) >= 11 is 4.14. The third-order valence-corrected chi connectivity index (χ3v) is 6.12. The predicted molar refractivity (Wildman–Crippen MR) is 57.7 cm³/mol. The maximum atomic E-state index is 5.23. The van der Waals surface area contributed by atoms with Gasteiger partial charge in [-0.2, -0.15) is 12.6 Å². The highest BCUT2D eigenvalue weighted by molar-refractivity contribution is 7.80. The van der Waals surface area contributed by atoms with Crippen molar-refractivity contribution in [2.24, 2.45) is 0 Å². The van der Waals surface area contributed by atoms with Crippen LogP contribution in [0, 0.1) is 0 Å². The molecule has 0 atom stereocenters. The van der Waals surface area contributed by atoms with Gasteiger partial charge in [0.05, 0.1) is 9.52 Å². The highest BCUT2D eigenvalue weighted by Crippen LogP contribution is 1.96. The van der Waals surface area contributed by atoms with Crippen LogP contribution in [0.1, 0.15) is 6.42 Å². The van der Waals surface area contributed by atoms with E-state index in [0.717, 1.165) is 26.7 Å². The third kappa shape index (κ3) is 5.69. The van der Waals surface area contributed by atoms with Gasteiger partial charge < -0.3 is 8.85 Å². The molecule has 0 saturated heterocycles. The Hall–Kier alpha value is 0.921. The van der Waals surface area contributed by atoms with E-state index >= 15 is 0 Å². The van der Waals surface area contributed by atoms with Crippen LogP contribution in [0.3, 0.4) is 0 Å². The van der Waals surface area contributed by atoms with Crippen molar-refractivity contribution < 1.29 is 8.85 Å². The molecule has 62 valence electrons. The maximum absolute atomic E-state index is 5.23. The van der Waals surface area contributed by atoms with Crippen molar-refractivity contribution in [2.45, 2.75) is 18.4 Å². The van der Waals surface area contributed by atoms with E-state index < -0.39 is 0 Å². The summed E-state index contributed by atoms with van der Waals surface area (Å²) in [4.78, 5) is 0. The fourth-order valence-electron chi connectivity index (χ4n) is 0.755. The summed E-state index contributed by atoms with van der Waals surface area (Å²) in [6, 6.07) is 1.30. The molecule has 0 amide bonds. The first-order valence-corrected chi connectivity index (χ1v) is 7.59. The fraction of sp³-hybridized carbons (Fsp3) is 1.00. The quantitative estimate of drug-likeness (QED) is 0.233. The summed E-state index contributed by atoms with van der Waals surface area (Å²) in [5, 5.41) is 0. The Kier molecular flexibility index (Phi) is 8.76. The average Bonchev–Trinajstić information content (AvgIpc) is 1.99. The standard InChI is InChI=1S/C4H16O2SSi3/c7-2-1-3-10-4(5-8)6-9/h4,7H,1-3,10H2,8-9H3. The molecular weight excluding hydrogens is 196 g/mol. The minimum absolute atomic E-state index is 0.110. The van der Waals surface area contributed by atoms with Crippen molar-refractivity contribution in [1.82, 2.24) is 0 Å². The van der Waals surface area contributed by atoms with Gasteiger partial charge in [-0.25, -0.2) is 0 Å². The zero-order valence-corrected chi connectivity index (χ0v) is 13.0. The van der Waals surface area contributed by atoms with Crippen LogP contribution in [-0.4, -0.2) is 42.2 Å². The molecule has 0 rings (SSSR count). The first-order valence-electron chi connectivity index (χ1n) is 3.51. The van der Waals surface area contributed by atoms with Crippen molar-refractivity contribution >= 4 is 43.1 Å². The zero-order valence-electron chi connectivity index (χ0n) is 6.67. The summed E-state index contributed by atoms with van der Waals surface area (Å²) in [6.07, 6.45) is 1.22. The summed E-state index contributed by atoms with van der Waals surface area (Å²) in [5.41, 5.74) is 0. The van der Waals surface area contributed by atoms with Crippen LogP contribution in [0.5, 0.6) is 0 Å². The second kappa shape index (κ2) is 8.02. The molecule has 0 fully saturated rings. The topological polar surface area (TPSA) is 18.5 Å². The molecule has 0 radical (unpaired) electrons. The summed E-state index contributed by atoms with van der Waals surface area (Å²) < 4.78 is 10.5. The van der Waals surface area contributed by atoms with Crippen molar-refractivity contribution in [3.63, 3.8) is 0 Å². The molecule has 0 bridgehead atoms. The lowest BCUT2D eigenvalue weighted by Crippen LogP contribution is -2.22. The van der Waals surface area contributed by atoms with E-state index in [1.807, 2.05) is 0 Å². The molecule has 0 aliphatic carbocycles. The molecule has 2 nitrogen and oxygen atoms in total. The number of thiol groups is 1. The minimum atomic E-state index is -0.110. The van der Waals surface area contributed by atoms with E-state index in [1.54, 1.807) is 0 Å². The molecule has 0 heterocycles. The van der Waals surface area contributed by atoms with Crippen molar-refractivity contribution in [3.05, 3.63) is 0 Å². The third-order valence-electron chi connectivity index (χ3n) is 1.37. The summed E-state index contributed by atoms with van der Waals surface area (Å²) in [6.45, 7) is 0. The summed E-state index contributed by atoms with van der Waals surface area (Å²) in [7, 11) is 1.52. The van der Waals surface area contributed by atoms with Gasteiger partial charge >= 0.3 is 0 Å². The van der Waals surface area contributed by atoms with Gasteiger partial charge in [0.2, 0.25) is 0 Å². The average molecular weight is 212 g/mol. The first kappa shape index (κ1) is 10.9. The molecule has 0 N–H and O–H groups in total.